The van der Waals surface area contributed by atoms with Gasteiger partial charge in [0.2, 0.25) is 5.91 Å². The summed E-state index contributed by atoms with van der Waals surface area (Å²) in [5.41, 5.74) is 5.18. The van der Waals surface area contributed by atoms with Crippen molar-refractivity contribution in [2.45, 2.75) is 51.0 Å². The Hall–Kier alpha value is -3.07. The first-order chi connectivity index (χ1) is 17.5. The van der Waals surface area contributed by atoms with E-state index < -0.39 is 35.5 Å². The maximum atomic E-state index is 14.9. The highest BCUT2D eigenvalue weighted by atomic mass is 19.1. The van der Waals surface area contributed by atoms with Crippen molar-refractivity contribution >= 4 is 11.8 Å². The van der Waals surface area contributed by atoms with Gasteiger partial charge < -0.3 is 20.3 Å². The summed E-state index contributed by atoms with van der Waals surface area (Å²) < 4.78 is 48.5. The number of hydrogen-bond donors (Lipinski definition) is 1. The molecule has 2 heterocycles. The minimum atomic E-state index is -1.37. The van der Waals surface area contributed by atoms with Crippen LogP contribution in [0.3, 0.4) is 0 Å². The molecule has 2 atom stereocenters. The second kappa shape index (κ2) is 11.1. The summed E-state index contributed by atoms with van der Waals surface area (Å²) in [6, 6.07) is 10.4. The minimum Gasteiger partial charge on any atom is -0.493 e. The summed E-state index contributed by atoms with van der Waals surface area (Å²) in [6.45, 7) is 5.67. The molecule has 9 heteroatoms. The lowest BCUT2D eigenvalue weighted by Gasteiger charge is -2.34. The number of rotatable bonds is 8. The van der Waals surface area contributed by atoms with Crippen molar-refractivity contribution in [3.05, 3.63) is 53.8 Å². The molecule has 2 N–H and O–H groups in total. The summed E-state index contributed by atoms with van der Waals surface area (Å²) in [6.07, 6.45) is 0.377. The van der Waals surface area contributed by atoms with E-state index in [1.54, 1.807) is 19.9 Å². The van der Waals surface area contributed by atoms with E-state index in [2.05, 4.69) is 4.90 Å². The average Bonchev–Trinajstić information content (AvgIpc) is 3.24. The van der Waals surface area contributed by atoms with Gasteiger partial charge in [-0.05, 0) is 81.1 Å². The third-order valence-corrected chi connectivity index (χ3v) is 7.02. The van der Waals surface area contributed by atoms with Crippen LogP contribution in [0.25, 0.3) is 11.1 Å². The number of ether oxygens (including phenoxy) is 1. The standard InChI is InChI=1S/C28H34F3N3O3/c1-28(2,31)17-33-11-9-18(10-12-33)16-37-22-6-3-19(4-7-22)20-5-8-23(24(30)13-20)27(36)34-15-21(29)14-25(34)26(32)35/h3-8,13,18,21,25H,9-12,14-17H2,1-2H3,(H2,32,35). The predicted octanol–water partition coefficient (Wildman–Crippen LogP) is 4.37. The summed E-state index contributed by atoms with van der Waals surface area (Å²) in [5.74, 6) is -1.20. The first-order valence-electron chi connectivity index (χ1n) is 12.7. The highest BCUT2D eigenvalue weighted by Crippen LogP contribution is 2.28. The molecule has 0 aromatic heterocycles. The van der Waals surface area contributed by atoms with Crippen LogP contribution in [0.2, 0.25) is 0 Å². The highest BCUT2D eigenvalue weighted by molar-refractivity contribution is 5.98. The molecule has 0 bridgehead atoms. The number of carbonyl (C=O) groups excluding carboxylic acids is 2. The number of amides is 2. The van der Waals surface area contributed by atoms with E-state index in [4.69, 9.17) is 10.5 Å². The van der Waals surface area contributed by atoms with Gasteiger partial charge in [0.25, 0.3) is 5.91 Å². The molecule has 2 fully saturated rings. The first kappa shape index (κ1) is 27.0. The zero-order chi connectivity index (χ0) is 26.7. The van der Waals surface area contributed by atoms with E-state index in [1.165, 1.54) is 12.1 Å². The Morgan fingerprint density at radius 1 is 1.08 bits per heavy atom. The zero-order valence-corrected chi connectivity index (χ0v) is 21.3. The normalized spacial score (nSPS) is 21.3. The fraction of sp³-hybridized carbons (Fsp3) is 0.500. The lowest BCUT2D eigenvalue weighted by molar-refractivity contribution is -0.121. The Labute approximate surface area is 215 Å². The Kier molecular flexibility index (Phi) is 8.11. The number of alkyl halides is 2. The highest BCUT2D eigenvalue weighted by Gasteiger charge is 2.39. The molecule has 200 valence electrons. The summed E-state index contributed by atoms with van der Waals surface area (Å²) in [4.78, 5) is 27.5. The number of nitrogens with two attached hydrogens (primary N) is 1. The molecule has 4 rings (SSSR count). The van der Waals surface area contributed by atoms with Crippen molar-refractivity contribution in [1.29, 1.82) is 0 Å². The molecule has 2 unspecified atom stereocenters. The van der Waals surface area contributed by atoms with Crippen LogP contribution in [0.5, 0.6) is 5.75 Å². The number of benzene rings is 2. The molecular weight excluding hydrogens is 483 g/mol. The van der Waals surface area contributed by atoms with E-state index >= 15 is 0 Å². The van der Waals surface area contributed by atoms with Gasteiger partial charge in [0.1, 0.15) is 29.4 Å². The average molecular weight is 518 g/mol. The van der Waals surface area contributed by atoms with Gasteiger partial charge >= 0.3 is 0 Å². The second-order valence-electron chi connectivity index (χ2n) is 10.7. The van der Waals surface area contributed by atoms with E-state index in [0.717, 1.165) is 36.4 Å². The topological polar surface area (TPSA) is 75.9 Å². The number of nitrogens with zero attached hydrogens (tertiary/aromatic N) is 2. The molecule has 2 aliphatic heterocycles. The molecule has 2 aliphatic rings. The van der Waals surface area contributed by atoms with Crippen LogP contribution in [-0.4, -0.2) is 72.3 Å². The third-order valence-electron chi connectivity index (χ3n) is 7.02. The van der Waals surface area contributed by atoms with Crippen molar-refractivity contribution in [3.8, 4) is 16.9 Å². The van der Waals surface area contributed by atoms with Gasteiger partial charge in [0.05, 0.1) is 18.7 Å². The van der Waals surface area contributed by atoms with Crippen molar-refractivity contribution in [2.75, 3.05) is 32.8 Å². The Balaban J connectivity index is 1.33. The SMILES string of the molecule is CC(C)(F)CN1CCC(COc2ccc(-c3ccc(C(=O)N4CC(F)CC4C(N)=O)c(F)c3)cc2)CC1. The van der Waals surface area contributed by atoms with Gasteiger partial charge in [0, 0.05) is 13.0 Å². The third kappa shape index (κ3) is 6.83. The smallest absolute Gasteiger partial charge is 0.257 e. The summed E-state index contributed by atoms with van der Waals surface area (Å²) in [7, 11) is 0. The monoisotopic (exact) mass is 517 g/mol. The minimum absolute atomic E-state index is 0.175. The summed E-state index contributed by atoms with van der Waals surface area (Å²) >= 11 is 0. The first-order valence-corrected chi connectivity index (χ1v) is 12.7. The Bertz CT molecular complexity index is 1110. The lowest BCUT2D eigenvalue weighted by atomic mass is 9.97. The van der Waals surface area contributed by atoms with Crippen LogP contribution in [0.4, 0.5) is 13.2 Å². The van der Waals surface area contributed by atoms with Crippen LogP contribution >= 0.6 is 0 Å². The van der Waals surface area contributed by atoms with Gasteiger partial charge in [-0.25, -0.2) is 13.2 Å². The molecule has 0 spiro atoms. The molecule has 2 aromatic carbocycles. The number of piperidine rings is 1. The molecule has 2 amide bonds. The van der Waals surface area contributed by atoms with E-state index in [9.17, 15) is 22.8 Å². The maximum Gasteiger partial charge on any atom is 0.257 e. The molecule has 6 nitrogen and oxygen atoms in total. The predicted molar refractivity (Wildman–Crippen MR) is 135 cm³/mol. The second-order valence-corrected chi connectivity index (χ2v) is 10.7. The van der Waals surface area contributed by atoms with Gasteiger partial charge in [-0.2, -0.15) is 0 Å². The van der Waals surface area contributed by atoms with E-state index in [0.29, 0.717) is 30.4 Å². The molecule has 0 saturated carbocycles. The fourth-order valence-electron chi connectivity index (χ4n) is 5.10. The van der Waals surface area contributed by atoms with E-state index in [1.807, 2.05) is 24.3 Å². The van der Waals surface area contributed by atoms with Crippen LogP contribution in [0.1, 0.15) is 43.5 Å². The zero-order valence-electron chi connectivity index (χ0n) is 21.3. The Morgan fingerprint density at radius 3 is 2.32 bits per heavy atom. The number of hydrogen-bond acceptors (Lipinski definition) is 4. The van der Waals surface area contributed by atoms with E-state index in [-0.39, 0.29) is 18.5 Å². The van der Waals surface area contributed by atoms with Gasteiger partial charge in [-0.1, -0.05) is 18.2 Å². The van der Waals surface area contributed by atoms with Crippen LogP contribution < -0.4 is 10.5 Å². The van der Waals surface area contributed by atoms with Crippen LogP contribution in [-0.2, 0) is 4.79 Å². The summed E-state index contributed by atoms with van der Waals surface area (Å²) in [5, 5.41) is 0. The largest absolute Gasteiger partial charge is 0.493 e. The quantitative estimate of drug-likeness (QED) is 0.564. The molecule has 2 saturated heterocycles. The van der Waals surface area contributed by atoms with Crippen LogP contribution in [0, 0.1) is 11.7 Å². The molecule has 0 radical (unpaired) electrons. The fourth-order valence-corrected chi connectivity index (χ4v) is 5.10. The van der Waals surface area contributed by atoms with Gasteiger partial charge in [-0.15, -0.1) is 0 Å². The lowest BCUT2D eigenvalue weighted by Crippen LogP contribution is -2.44. The Morgan fingerprint density at radius 2 is 1.73 bits per heavy atom. The van der Waals surface area contributed by atoms with Crippen molar-refractivity contribution < 1.29 is 27.5 Å². The van der Waals surface area contributed by atoms with Gasteiger partial charge in [-0.3, -0.25) is 9.59 Å². The molecule has 0 aliphatic carbocycles. The number of primary amides is 1. The number of carbonyl (C=O) groups is 2. The molecule has 37 heavy (non-hydrogen) atoms. The molecular formula is C28H34F3N3O3. The number of halogens is 3. The van der Waals surface area contributed by atoms with Crippen molar-refractivity contribution in [2.24, 2.45) is 11.7 Å². The van der Waals surface area contributed by atoms with Crippen molar-refractivity contribution in [1.82, 2.24) is 9.80 Å². The van der Waals surface area contributed by atoms with Crippen LogP contribution in [0.15, 0.2) is 42.5 Å². The van der Waals surface area contributed by atoms with Gasteiger partial charge in [0.15, 0.2) is 0 Å². The molecule has 2 aromatic rings. The maximum absolute atomic E-state index is 14.9. The van der Waals surface area contributed by atoms with Crippen molar-refractivity contribution in [3.63, 3.8) is 0 Å². The number of likely N-dealkylation sites (tertiary alicyclic amines) is 2.